The van der Waals surface area contributed by atoms with Crippen LogP contribution in [0.2, 0.25) is 0 Å². The average Bonchev–Trinajstić information content (AvgIpc) is 2.08. The molecule has 3 N–H and O–H groups in total. The van der Waals surface area contributed by atoms with Gasteiger partial charge in [0.25, 0.3) is 0 Å². The summed E-state index contributed by atoms with van der Waals surface area (Å²) in [4.78, 5) is 0. The van der Waals surface area contributed by atoms with Gasteiger partial charge in [0.15, 0.2) is 0 Å². The van der Waals surface area contributed by atoms with Crippen molar-refractivity contribution in [2.24, 2.45) is 5.73 Å². The fourth-order valence-electron chi connectivity index (χ4n) is 1.19. The van der Waals surface area contributed by atoms with E-state index >= 15 is 0 Å². The van der Waals surface area contributed by atoms with Crippen LogP contribution in [0.5, 0.6) is 0 Å². The lowest BCUT2D eigenvalue weighted by Crippen LogP contribution is -2.25. The second-order valence-corrected chi connectivity index (χ2v) is 3.23. The van der Waals surface area contributed by atoms with Gasteiger partial charge in [-0.2, -0.15) is 0 Å². The summed E-state index contributed by atoms with van der Waals surface area (Å²) >= 11 is 0. The van der Waals surface area contributed by atoms with Gasteiger partial charge in [-0.25, -0.2) is 0 Å². The minimum atomic E-state index is -0.360. The molecule has 0 saturated heterocycles. The van der Waals surface area contributed by atoms with Crippen molar-refractivity contribution in [3.05, 3.63) is 47.7 Å². The van der Waals surface area contributed by atoms with Crippen LogP contribution in [0.25, 0.3) is 0 Å². The maximum Gasteiger partial charge on any atom is 0.102 e. The molecule has 0 aliphatic rings. The lowest BCUT2D eigenvalue weighted by molar-refractivity contribution is 0.368. The largest absolute Gasteiger partial charge is 0.511 e. The van der Waals surface area contributed by atoms with E-state index in [0.717, 1.165) is 5.56 Å². The third kappa shape index (κ3) is 2.60. The Hall–Kier alpha value is -1.28. The van der Waals surface area contributed by atoms with E-state index in [0.29, 0.717) is 6.42 Å². The van der Waals surface area contributed by atoms with Gasteiger partial charge in [-0.1, -0.05) is 30.8 Å². The van der Waals surface area contributed by atoms with Crippen molar-refractivity contribution in [3.63, 3.8) is 0 Å². The molecule has 0 saturated carbocycles. The second-order valence-electron chi connectivity index (χ2n) is 3.23. The molecule has 0 aliphatic heterocycles. The van der Waals surface area contributed by atoms with E-state index in [1.54, 1.807) is 0 Å². The van der Waals surface area contributed by atoms with Gasteiger partial charge >= 0.3 is 0 Å². The summed E-state index contributed by atoms with van der Waals surface area (Å²) < 4.78 is 0. The molecular weight excluding hydrogens is 162 g/mol. The highest BCUT2D eigenvalue weighted by Crippen LogP contribution is 2.10. The zero-order valence-electron chi connectivity index (χ0n) is 7.83. The Morgan fingerprint density at radius 1 is 1.54 bits per heavy atom. The minimum absolute atomic E-state index is 0.0447. The molecular formula is C11H15NO. The normalized spacial score (nSPS) is 12.5. The van der Waals surface area contributed by atoms with Gasteiger partial charge in [-0.3, -0.25) is 0 Å². The SMILES string of the molecule is C=C(O)[C@H](N)Cc1ccccc1C. The number of aryl methyl sites for hydroxylation is 1. The van der Waals surface area contributed by atoms with E-state index in [2.05, 4.69) is 6.58 Å². The number of nitrogens with two attached hydrogens (primary N) is 1. The van der Waals surface area contributed by atoms with Crippen molar-refractivity contribution < 1.29 is 5.11 Å². The van der Waals surface area contributed by atoms with Crippen molar-refractivity contribution >= 4 is 0 Å². The third-order valence-corrected chi connectivity index (χ3v) is 2.13. The van der Waals surface area contributed by atoms with Crippen molar-refractivity contribution in [2.75, 3.05) is 0 Å². The lowest BCUT2D eigenvalue weighted by atomic mass is 10.0. The summed E-state index contributed by atoms with van der Waals surface area (Å²) in [7, 11) is 0. The number of hydrogen-bond donors (Lipinski definition) is 2. The molecule has 0 heterocycles. The van der Waals surface area contributed by atoms with E-state index in [-0.39, 0.29) is 11.8 Å². The van der Waals surface area contributed by atoms with Gasteiger partial charge in [0.1, 0.15) is 5.76 Å². The fraction of sp³-hybridized carbons (Fsp3) is 0.273. The minimum Gasteiger partial charge on any atom is -0.511 e. The molecule has 1 rings (SSSR count). The number of rotatable bonds is 3. The molecule has 2 nitrogen and oxygen atoms in total. The third-order valence-electron chi connectivity index (χ3n) is 2.13. The van der Waals surface area contributed by atoms with E-state index in [9.17, 15) is 0 Å². The second kappa shape index (κ2) is 4.10. The van der Waals surface area contributed by atoms with Crippen molar-refractivity contribution in [2.45, 2.75) is 19.4 Å². The fourth-order valence-corrected chi connectivity index (χ4v) is 1.19. The highest BCUT2D eigenvalue weighted by Gasteiger charge is 2.07. The average molecular weight is 177 g/mol. The van der Waals surface area contributed by atoms with Crippen LogP contribution in [0.3, 0.4) is 0 Å². The van der Waals surface area contributed by atoms with E-state index < -0.39 is 0 Å². The summed E-state index contributed by atoms with van der Waals surface area (Å²) in [6.07, 6.45) is 0.641. The van der Waals surface area contributed by atoms with Gasteiger partial charge in [-0.05, 0) is 24.5 Å². The quantitative estimate of drug-likeness (QED) is 0.693. The summed E-state index contributed by atoms with van der Waals surface area (Å²) in [6.45, 7) is 5.44. The van der Waals surface area contributed by atoms with Gasteiger partial charge in [-0.15, -0.1) is 0 Å². The van der Waals surface area contributed by atoms with Gasteiger partial charge < -0.3 is 10.8 Å². The lowest BCUT2D eigenvalue weighted by Gasteiger charge is -2.11. The summed E-state index contributed by atoms with van der Waals surface area (Å²) in [5.41, 5.74) is 8.02. The first-order valence-electron chi connectivity index (χ1n) is 4.29. The molecule has 0 fully saturated rings. The summed E-state index contributed by atoms with van der Waals surface area (Å²) in [6, 6.07) is 7.63. The van der Waals surface area contributed by atoms with Crippen LogP contribution in [-0.4, -0.2) is 11.1 Å². The smallest absolute Gasteiger partial charge is 0.102 e. The molecule has 70 valence electrons. The zero-order valence-corrected chi connectivity index (χ0v) is 7.83. The van der Waals surface area contributed by atoms with E-state index in [4.69, 9.17) is 10.8 Å². The first-order valence-corrected chi connectivity index (χ1v) is 4.29. The molecule has 0 radical (unpaired) electrons. The van der Waals surface area contributed by atoms with E-state index in [1.807, 2.05) is 31.2 Å². The molecule has 0 spiro atoms. The maximum atomic E-state index is 9.05. The molecule has 1 aromatic carbocycles. The Morgan fingerprint density at radius 3 is 2.69 bits per heavy atom. The van der Waals surface area contributed by atoms with Crippen molar-refractivity contribution in [3.8, 4) is 0 Å². The molecule has 0 amide bonds. The maximum absolute atomic E-state index is 9.05. The van der Waals surface area contributed by atoms with Crippen molar-refractivity contribution in [1.82, 2.24) is 0 Å². The Balaban J connectivity index is 2.74. The first-order chi connectivity index (χ1) is 6.11. The van der Waals surface area contributed by atoms with Crippen LogP contribution in [-0.2, 0) is 6.42 Å². The van der Waals surface area contributed by atoms with Gasteiger partial charge in [0.05, 0.1) is 6.04 Å². The molecule has 0 aliphatic carbocycles. The standard InChI is InChI=1S/C11H15NO/c1-8-5-3-4-6-10(8)7-11(12)9(2)13/h3-6,11,13H,2,7,12H2,1H3/t11-/m1/s1. The highest BCUT2D eigenvalue weighted by atomic mass is 16.3. The number of benzene rings is 1. The molecule has 0 bridgehead atoms. The van der Waals surface area contributed by atoms with Crippen LogP contribution in [0.4, 0.5) is 0 Å². The number of hydrogen-bond acceptors (Lipinski definition) is 2. The predicted octanol–water partition coefficient (Wildman–Crippen LogP) is 1.94. The van der Waals surface area contributed by atoms with Crippen LogP contribution in [0.1, 0.15) is 11.1 Å². The Kier molecular flexibility index (Phi) is 3.09. The van der Waals surface area contributed by atoms with Crippen LogP contribution in [0.15, 0.2) is 36.6 Å². The summed E-state index contributed by atoms with van der Waals surface area (Å²) in [5, 5.41) is 9.05. The van der Waals surface area contributed by atoms with Gasteiger partial charge in [0.2, 0.25) is 0 Å². The van der Waals surface area contributed by atoms with Crippen LogP contribution < -0.4 is 5.73 Å². The molecule has 1 atom stereocenters. The monoisotopic (exact) mass is 177 g/mol. The molecule has 2 heteroatoms. The van der Waals surface area contributed by atoms with Gasteiger partial charge in [0, 0.05) is 0 Å². The van der Waals surface area contributed by atoms with E-state index in [1.165, 1.54) is 5.56 Å². The Morgan fingerprint density at radius 2 is 2.15 bits per heavy atom. The predicted molar refractivity (Wildman–Crippen MR) is 54.6 cm³/mol. The topological polar surface area (TPSA) is 46.2 Å². The Bertz CT molecular complexity index is 307. The molecule has 1 aromatic rings. The molecule has 0 unspecified atom stereocenters. The first kappa shape index (κ1) is 9.81. The number of aliphatic hydroxyl groups excluding tert-OH is 1. The molecule has 13 heavy (non-hydrogen) atoms. The molecule has 0 aromatic heterocycles. The zero-order chi connectivity index (χ0) is 9.84. The van der Waals surface area contributed by atoms with Crippen LogP contribution >= 0.6 is 0 Å². The van der Waals surface area contributed by atoms with Crippen LogP contribution in [0, 0.1) is 6.92 Å². The number of aliphatic hydroxyl groups is 1. The summed E-state index contributed by atoms with van der Waals surface area (Å²) in [5.74, 6) is 0.0447. The Labute approximate surface area is 78.7 Å². The van der Waals surface area contributed by atoms with Crippen molar-refractivity contribution in [1.29, 1.82) is 0 Å². The highest BCUT2D eigenvalue weighted by molar-refractivity contribution is 5.27.